The molecule has 3 nitrogen and oxygen atoms in total. The van der Waals surface area contributed by atoms with Gasteiger partial charge in [0.05, 0.1) is 17.6 Å². The van der Waals surface area contributed by atoms with Gasteiger partial charge in [0, 0.05) is 5.56 Å². The SMILES string of the molecule is OCc1cccc(-c2ccccc2-c2nc3ccccc3[nH]2)c1. The summed E-state index contributed by atoms with van der Waals surface area (Å²) in [5.74, 6) is 0.858. The van der Waals surface area contributed by atoms with Crippen LogP contribution < -0.4 is 0 Å². The highest BCUT2D eigenvalue weighted by atomic mass is 16.3. The van der Waals surface area contributed by atoms with E-state index in [1.165, 1.54) is 0 Å². The second-order valence-electron chi connectivity index (χ2n) is 5.51. The van der Waals surface area contributed by atoms with E-state index in [9.17, 15) is 5.11 Å². The molecule has 112 valence electrons. The number of para-hydroxylation sites is 2. The number of aliphatic hydroxyl groups excluding tert-OH is 1. The molecule has 0 spiro atoms. The van der Waals surface area contributed by atoms with Crippen molar-refractivity contribution in [2.45, 2.75) is 6.61 Å². The van der Waals surface area contributed by atoms with Crippen LogP contribution in [-0.4, -0.2) is 15.1 Å². The highest BCUT2D eigenvalue weighted by Gasteiger charge is 2.11. The van der Waals surface area contributed by atoms with Gasteiger partial charge in [-0.05, 0) is 34.9 Å². The number of hydrogen-bond donors (Lipinski definition) is 2. The molecule has 0 radical (unpaired) electrons. The van der Waals surface area contributed by atoms with Gasteiger partial charge < -0.3 is 10.1 Å². The van der Waals surface area contributed by atoms with Crippen molar-refractivity contribution in [3.8, 4) is 22.5 Å². The molecule has 0 unspecified atom stereocenters. The van der Waals surface area contributed by atoms with E-state index in [4.69, 9.17) is 4.98 Å². The number of benzene rings is 3. The van der Waals surface area contributed by atoms with E-state index in [1.54, 1.807) is 0 Å². The maximum Gasteiger partial charge on any atom is 0.139 e. The van der Waals surface area contributed by atoms with Crippen LogP contribution in [0, 0.1) is 0 Å². The summed E-state index contributed by atoms with van der Waals surface area (Å²) in [6.07, 6.45) is 0. The van der Waals surface area contributed by atoms with Crippen molar-refractivity contribution in [1.82, 2.24) is 9.97 Å². The number of aliphatic hydroxyl groups is 1. The summed E-state index contributed by atoms with van der Waals surface area (Å²) in [4.78, 5) is 8.10. The summed E-state index contributed by atoms with van der Waals surface area (Å²) in [6.45, 7) is 0.0423. The zero-order valence-corrected chi connectivity index (χ0v) is 12.5. The maximum absolute atomic E-state index is 9.37. The van der Waals surface area contributed by atoms with Gasteiger partial charge in [-0.1, -0.05) is 54.6 Å². The molecule has 1 aromatic heterocycles. The zero-order valence-electron chi connectivity index (χ0n) is 12.5. The Kier molecular flexibility index (Phi) is 3.41. The first-order valence-corrected chi connectivity index (χ1v) is 7.59. The lowest BCUT2D eigenvalue weighted by Gasteiger charge is -2.09. The van der Waals surface area contributed by atoms with Crippen molar-refractivity contribution in [3.05, 3.63) is 78.4 Å². The highest BCUT2D eigenvalue weighted by molar-refractivity contribution is 5.85. The van der Waals surface area contributed by atoms with Crippen molar-refractivity contribution in [1.29, 1.82) is 0 Å². The third kappa shape index (κ3) is 2.51. The van der Waals surface area contributed by atoms with Gasteiger partial charge in [0.15, 0.2) is 0 Å². The lowest BCUT2D eigenvalue weighted by molar-refractivity contribution is 0.282. The van der Waals surface area contributed by atoms with E-state index in [-0.39, 0.29) is 6.61 Å². The lowest BCUT2D eigenvalue weighted by Crippen LogP contribution is -1.89. The molecule has 4 rings (SSSR count). The zero-order chi connectivity index (χ0) is 15.6. The average molecular weight is 300 g/mol. The fraction of sp³-hybridized carbons (Fsp3) is 0.0500. The molecule has 0 aliphatic rings. The van der Waals surface area contributed by atoms with E-state index >= 15 is 0 Å². The molecule has 2 N–H and O–H groups in total. The fourth-order valence-corrected chi connectivity index (χ4v) is 2.86. The first kappa shape index (κ1) is 13.7. The number of aromatic amines is 1. The number of nitrogens with zero attached hydrogens (tertiary/aromatic N) is 1. The molecule has 0 atom stereocenters. The van der Waals surface area contributed by atoms with Crippen LogP contribution in [0.25, 0.3) is 33.5 Å². The Labute approximate surface area is 134 Å². The largest absolute Gasteiger partial charge is 0.392 e. The lowest BCUT2D eigenvalue weighted by atomic mass is 9.98. The minimum Gasteiger partial charge on any atom is -0.392 e. The van der Waals surface area contributed by atoms with Gasteiger partial charge in [0.25, 0.3) is 0 Å². The van der Waals surface area contributed by atoms with Crippen LogP contribution in [-0.2, 0) is 6.61 Å². The summed E-state index contributed by atoms with van der Waals surface area (Å²) in [6, 6.07) is 24.2. The summed E-state index contributed by atoms with van der Waals surface area (Å²) >= 11 is 0. The number of rotatable bonds is 3. The summed E-state index contributed by atoms with van der Waals surface area (Å²) in [5, 5.41) is 9.37. The average Bonchev–Trinajstić information content (AvgIpc) is 3.06. The topological polar surface area (TPSA) is 48.9 Å². The van der Waals surface area contributed by atoms with Crippen LogP contribution >= 0.6 is 0 Å². The molecular formula is C20H16N2O. The number of fused-ring (bicyclic) bond motifs is 1. The number of aromatic nitrogens is 2. The van der Waals surface area contributed by atoms with Crippen LogP contribution in [0.15, 0.2) is 72.8 Å². The molecular weight excluding hydrogens is 284 g/mol. The van der Waals surface area contributed by atoms with Crippen LogP contribution in [0.5, 0.6) is 0 Å². The third-order valence-electron chi connectivity index (χ3n) is 3.99. The van der Waals surface area contributed by atoms with Crippen LogP contribution in [0.1, 0.15) is 5.56 Å². The summed E-state index contributed by atoms with van der Waals surface area (Å²) < 4.78 is 0. The quantitative estimate of drug-likeness (QED) is 0.589. The van der Waals surface area contributed by atoms with Crippen molar-refractivity contribution >= 4 is 11.0 Å². The maximum atomic E-state index is 9.37. The standard InChI is InChI=1S/C20H16N2O/c23-13-14-6-5-7-15(12-14)16-8-1-2-9-17(16)20-21-18-10-3-4-11-19(18)22-20/h1-12,23H,13H2,(H,21,22). The molecule has 0 aliphatic heterocycles. The molecule has 1 heterocycles. The van der Waals surface area contributed by atoms with Crippen molar-refractivity contribution in [3.63, 3.8) is 0 Å². The smallest absolute Gasteiger partial charge is 0.139 e. The van der Waals surface area contributed by atoms with Crippen LogP contribution in [0.4, 0.5) is 0 Å². The van der Waals surface area contributed by atoms with E-state index in [2.05, 4.69) is 23.2 Å². The number of H-pyrrole nitrogens is 1. The molecule has 23 heavy (non-hydrogen) atoms. The Hall–Kier alpha value is -2.91. The second-order valence-corrected chi connectivity index (χ2v) is 5.51. The molecule has 0 bridgehead atoms. The van der Waals surface area contributed by atoms with Crippen molar-refractivity contribution in [2.75, 3.05) is 0 Å². The van der Waals surface area contributed by atoms with Gasteiger partial charge in [-0.25, -0.2) is 4.98 Å². The number of hydrogen-bond acceptors (Lipinski definition) is 2. The van der Waals surface area contributed by atoms with Gasteiger partial charge in [-0.3, -0.25) is 0 Å². The molecule has 0 aliphatic carbocycles. The Balaban J connectivity index is 1.89. The van der Waals surface area contributed by atoms with Gasteiger partial charge in [-0.2, -0.15) is 0 Å². The number of nitrogens with one attached hydrogen (secondary N) is 1. The fourth-order valence-electron chi connectivity index (χ4n) is 2.86. The van der Waals surface area contributed by atoms with E-state index in [1.807, 2.05) is 54.6 Å². The normalized spacial score (nSPS) is 11.0. The molecule has 0 fully saturated rings. The summed E-state index contributed by atoms with van der Waals surface area (Å²) in [5.41, 5.74) is 6.12. The van der Waals surface area contributed by atoms with Crippen molar-refractivity contribution in [2.24, 2.45) is 0 Å². The van der Waals surface area contributed by atoms with Crippen LogP contribution in [0.3, 0.4) is 0 Å². The molecule has 3 heteroatoms. The third-order valence-corrected chi connectivity index (χ3v) is 3.99. The minimum atomic E-state index is 0.0423. The monoisotopic (exact) mass is 300 g/mol. The Morgan fingerprint density at radius 3 is 2.43 bits per heavy atom. The Bertz CT molecular complexity index is 939. The molecule has 0 amide bonds. The molecule has 4 aromatic rings. The van der Waals surface area contributed by atoms with Crippen molar-refractivity contribution < 1.29 is 5.11 Å². The van der Waals surface area contributed by atoms with E-state index in [0.29, 0.717) is 0 Å². The molecule has 0 saturated carbocycles. The van der Waals surface area contributed by atoms with E-state index in [0.717, 1.165) is 39.1 Å². The van der Waals surface area contributed by atoms with Gasteiger partial charge in [-0.15, -0.1) is 0 Å². The molecule has 0 saturated heterocycles. The van der Waals surface area contributed by atoms with Gasteiger partial charge >= 0.3 is 0 Å². The number of imidazole rings is 1. The van der Waals surface area contributed by atoms with Crippen LogP contribution in [0.2, 0.25) is 0 Å². The van der Waals surface area contributed by atoms with E-state index < -0.39 is 0 Å². The Morgan fingerprint density at radius 1 is 0.826 bits per heavy atom. The van der Waals surface area contributed by atoms with Gasteiger partial charge in [0.2, 0.25) is 0 Å². The highest BCUT2D eigenvalue weighted by Crippen LogP contribution is 2.31. The second kappa shape index (κ2) is 5.71. The molecule has 3 aromatic carbocycles. The summed E-state index contributed by atoms with van der Waals surface area (Å²) in [7, 11) is 0. The predicted octanol–water partition coefficient (Wildman–Crippen LogP) is 4.39. The predicted molar refractivity (Wildman–Crippen MR) is 92.9 cm³/mol. The minimum absolute atomic E-state index is 0.0423. The Morgan fingerprint density at radius 2 is 1.61 bits per heavy atom. The first-order chi connectivity index (χ1) is 11.3. The van der Waals surface area contributed by atoms with Gasteiger partial charge in [0.1, 0.15) is 5.82 Å². The first-order valence-electron chi connectivity index (χ1n) is 7.59.